The molecule has 0 saturated carbocycles. The van der Waals surface area contributed by atoms with Gasteiger partial charge in [0.2, 0.25) is 0 Å². The van der Waals surface area contributed by atoms with E-state index in [1.54, 1.807) is 19.4 Å². The number of carbonyl (C=O) groups is 1. The zero-order valence-electron chi connectivity index (χ0n) is 18.0. The molecule has 0 amide bonds. The molecule has 3 rings (SSSR count). The summed E-state index contributed by atoms with van der Waals surface area (Å²) in [4.78, 5) is 27.1. The predicted molar refractivity (Wildman–Crippen MR) is 122 cm³/mol. The summed E-state index contributed by atoms with van der Waals surface area (Å²) in [5.74, 6) is 0.218. The molecule has 1 atom stereocenters. The van der Waals surface area contributed by atoms with E-state index in [4.69, 9.17) is 5.73 Å². The Bertz CT molecular complexity index is 884. The summed E-state index contributed by atoms with van der Waals surface area (Å²) in [6.45, 7) is 6.10. The van der Waals surface area contributed by atoms with Crippen LogP contribution in [0.15, 0.2) is 72.4 Å². The van der Waals surface area contributed by atoms with Crippen LogP contribution in [0.1, 0.15) is 38.1 Å². The smallest absolute Gasteiger partial charge is 0.189 e. The normalized spacial score (nSPS) is 11.1. The number of hydrogen-bond acceptors (Lipinski definition) is 5. The molecule has 1 unspecified atom stereocenters. The molecule has 3 N–H and O–H groups in total. The summed E-state index contributed by atoms with van der Waals surface area (Å²) in [6, 6.07) is 13.0. The molecule has 0 aliphatic rings. The number of nitrogens with zero attached hydrogens (tertiary/aromatic N) is 4. The standard InChI is InChI=1S/C14H15N5O.C7H9N.C2H6/c1-16-14(15)19-13(8-20)11-4-2-3-10(5-11)12-6-17-9-18-7-12;1-2-7-5-3-4-6-8-7;1-2/h2-9,13H,1H3,(H3,15,16,19);3-6H,2H2,1H3;1-2H3. The quantitative estimate of drug-likeness (QED) is 0.381. The highest BCUT2D eigenvalue weighted by molar-refractivity contribution is 5.82. The Balaban J connectivity index is 0.000000375. The molecule has 0 bridgehead atoms. The topological polar surface area (TPSA) is 106 Å². The second-order valence-electron chi connectivity index (χ2n) is 5.79. The zero-order valence-corrected chi connectivity index (χ0v) is 18.0. The van der Waals surface area contributed by atoms with Crippen molar-refractivity contribution in [2.45, 2.75) is 33.2 Å². The van der Waals surface area contributed by atoms with Crippen LogP contribution in [-0.2, 0) is 11.2 Å². The van der Waals surface area contributed by atoms with Gasteiger partial charge in [-0.3, -0.25) is 9.98 Å². The molecular weight excluding hydrogens is 376 g/mol. The molecule has 2 aromatic heterocycles. The molecule has 3 aromatic rings. The van der Waals surface area contributed by atoms with Crippen LogP contribution in [-0.4, -0.2) is 34.2 Å². The van der Waals surface area contributed by atoms with E-state index < -0.39 is 6.04 Å². The maximum absolute atomic E-state index is 11.2. The molecule has 1 aromatic carbocycles. The lowest BCUT2D eigenvalue weighted by molar-refractivity contribution is -0.109. The minimum atomic E-state index is -0.539. The largest absolute Gasteiger partial charge is 0.370 e. The Morgan fingerprint density at radius 1 is 1.13 bits per heavy atom. The van der Waals surface area contributed by atoms with Gasteiger partial charge in [0, 0.05) is 36.9 Å². The van der Waals surface area contributed by atoms with Crippen molar-refractivity contribution in [1.29, 1.82) is 0 Å². The molecule has 0 aliphatic carbocycles. The highest BCUT2D eigenvalue weighted by atomic mass is 16.1. The lowest BCUT2D eigenvalue weighted by Gasteiger charge is -2.14. The van der Waals surface area contributed by atoms with Crippen molar-refractivity contribution >= 4 is 12.2 Å². The molecular formula is C23H30N6O. The van der Waals surface area contributed by atoms with E-state index in [9.17, 15) is 4.79 Å². The first-order valence-electron chi connectivity index (χ1n) is 9.87. The third-order valence-electron chi connectivity index (χ3n) is 3.91. The number of aliphatic imine (C=N–C) groups is 1. The third kappa shape index (κ3) is 8.18. The lowest BCUT2D eigenvalue weighted by atomic mass is 10.0. The molecule has 0 spiro atoms. The van der Waals surface area contributed by atoms with Gasteiger partial charge in [0.1, 0.15) is 18.7 Å². The maximum atomic E-state index is 11.2. The Hall–Kier alpha value is -3.61. The van der Waals surface area contributed by atoms with Gasteiger partial charge in [0.15, 0.2) is 5.96 Å². The Morgan fingerprint density at radius 3 is 2.40 bits per heavy atom. The Morgan fingerprint density at radius 2 is 1.87 bits per heavy atom. The third-order valence-corrected chi connectivity index (χ3v) is 3.91. The first kappa shape index (κ1) is 24.4. The Kier molecular flexibility index (Phi) is 11.7. The predicted octanol–water partition coefficient (Wildman–Crippen LogP) is 3.59. The summed E-state index contributed by atoms with van der Waals surface area (Å²) < 4.78 is 0. The van der Waals surface area contributed by atoms with Crippen molar-refractivity contribution in [3.63, 3.8) is 0 Å². The first-order valence-corrected chi connectivity index (χ1v) is 9.87. The summed E-state index contributed by atoms with van der Waals surface area (Å²) in [5, 5.41) is 2.84. The molecule has 2 heterocycles. The number of nitrogens with one attached hydrogen (secondary N) is 1. The SMILES string of the molecule is CC.CCc1ccccn1.CN=C(N)NC(C=O)c1cccc(-c2cncnc2)c1. The number of pyridine rings is 1. The fourth-order valence-corrected chi connectivity index (χ4v) is 2.39. The van der Waals surface area contributed by atoms with Gasteiger partial charge in [-0.05, 0) is 35.7 Å². The average Bonchev–Trinajstić information content (AvgIpc) is 2.85. The van der Waals surface area contributed by atoms with Crippen LogP contribution in [0.2, 0.25) is 0 Å². The van der Waals surface area contributed by atoms with Crippen molar-refractivity contribution in [3.05, 3.63) is 78.6 Å². The van der Waals surface area contributed by atoms with Gasteiger partial charge >= 0.3 is 0 Å². The van der Waals surface area contributed by atoms with Crippen LogP contribution in [0.25, 0.3) is 11.1 Å². The van der Waals surface area contributed by atoms with E-state index in [1.807, 2.05) is 62.5 Å². The van der Waals surface area contributed by atoms with Gasteiger partial charge in [-0.15, -0.1) is 0 Å². The molecule has 158 valence electrons. The number of carbonyl (C=O) groups excluding carboxylic acids is 1. The summed E-state index contributed by atoms with van der Waals surface area (Å²) in [5.41, 5.74) is 9.37. The van der Waals surface area contributed by atoms with Crippen molar-refractivity contribution in [2.75, 3.05) is 7.05 Å². The highest BCUT2D eigenvalue weighted by Crippen LogP contribution is 2.21. The van der Waals surface area contributed by atoms with E-state index in [0.717, 1.165) is 35.1 Å². The number of rotatable bonds is 5. The summed E-state index contributed by atoms with van der Waals surface area (Å²) in [6.07, 6.45) is 8.55. The van der Waals surface area contributed by atoms with Gasteiger partial charge in [-0.25, -0.2) is 9.97 Å². The van der Waals surface area contributed by atoms with Crippen molar-refractivity contribution < 1.29 is 4.79 Å². The number of aryl methyl sites for hydroxylation is 1. The van der Waals surface area contributed by atoms with Gasteiger partial charge in [0.05, 0.1) is 0 Å². The monoisotopic (exact) mass is 406 g/mol. The van der Waals surface area contributed by atoms with Crippen molar-refractivity contribution in [1.82, 2.24) is 20.3 Å². The van der Waals surface area contributed by atoms with Gasteiger partial charge in [-0.2, -0.15) is 0 Å². The molecule has 7 nitrogen and oxygen atoms in total. The van der Waals surface area contributed by atoms with E-state index >= 15 is 0 Å². The molecule has 0 fully saturated rings. The van der Waals surface area contributed by atoms with Crippen LogP contribution in [0, 0.1) is 0 Å². The van der Waals surface area contributed by atoms with Crippen molar-refractivity contribution in [2.24, 2.45) is 10.7 Å². The fourth-order valence-electron chi connectivity index (χ4n) is 2.39. The van der Waals surface area contributed by atoms with Crippen LogP contribution >= 0.6 is 0 Å². The summed E-state index contributed by atoms with van der Waals surface area (Å²) in [7, 11) is 1.56. The number of hydrogen-bond donors (Lipinski definition) is 2. The second-order valence-corrected chi connectivity index (χ2v) is 5.79. The number of guanidine groups is 1. The molecule has 0 saturated heterocycles. The maximum Gasteiger partial charge on any atom is 0.189 e. The zero-order chi connectivity index (χ0) is 22.2. The van der Waals surface area contributed by atoms with Crippen LogP contribution in [0.5, 0.6) is 0 Å². The highest BCUT2D eigenvalue weighted by Gasteiger charge is 2.11. The lowest BCUT2D eigenvalue weighted by Crippen LogP contribution is -2.35. The molecule has 7 heteroatoms. The average molecular weight is 407 g/mol. The van der Waals surface area contributed by atoms with Crippen molar-refractivity contribution in [3.8, 4) is 11.1 Å². The van der Waals surface area contributed by atoms with Gasteiger partial charge in [0.25, 0.3) is 0 Å². The van der Waals surface area contributed by atoms with Gasteiger partial charge in [-0.1, -0.05) is 45.0 Å². The molecule has 30 heavy (non-hydrogen) atoms. The van der Waals surface area contributed by atoms with Crippen LogP contribution in [0.4, 0.5) is 0 Å². The first-order chi connectivity index (χ1) is 14.7. The van der Waals surface area contributed by atoms with E-state index in [-0.39, 0.29) is 5.96 Å². The van der Waals surface area contributed by atoms with E-state index in [0.29, 0.717) is 0 Å². The van der Waals surface area contributed by atoms with E-state index in [2.05, 4.69) is 32.2 Å². The number of aromatic nitrogens is 3. The summed E-state index contributed by atoms with van der Waals surface area (Å²) >= 11 is 0. The van der Waals surface area contributed by atoms with E-state index in [1.165, 1.54) is 6.33 Å². The minimum Gasteiger partial charge on any atom is -0.370 e. The Labute approximate surface area is 178 Å². The molecule has 0 radical (unpaired) electrons. The second kappa shape index (κ2) is 14.4. The molecule has 0 aliphatic heterocycles. The minimum absolute atomic E-state index is 0.218. The fraction of sp³-hybridized carbons (Fsp3) is 0.261. The van der Waals surface area contributed by atoms with Crippen LogP contribution < -0.4 is 11.1 Å². The number of benzene rings is 1. The van der Waals surface area contributed by atoms with Gasteiger partial charge < -0.3 is 15.8 Å². The number of nitrogens with two attached hydrogens (primary N) is 1. The number of aldehydes is 1. The van der Waals surface area contributed by atoms with Crippen LogP contribution in [0.3, 0.4) is 0 Å².